The molecule has 0 unspecified atom stereocenters. The SMILES string of the molecule is O=C(Nc1cccc(F)c1)N(Cc1ccccc1)Cc1ccc(C(F)(F)F)cc1. The topological polar surface area (TPSA) is 32.3 Å². The van der Waals surface area contributed by atoms with Crippen molar-refractivity contribution in [3.8, 4) is 0 Å². The first kappa shape index (κ1) is 20.4. The molecule has 0 aliphatic carbocycles. The van der Waals surface area contributed by atoms with Crippen molar-refractivity contribution in [3.63, 3.8) is 0 Å². The number of urea groups is 1. The molecule has 0 saturated heterocycles. The summed E-state index contributed by atoms with van der Waals surface area (Å²) in [4.78, 5) is 14.2. The zero-order valence-corrected chi connectivity index (χ0v) is 15.3. The zero-order valence-electron chi connectivity index (χ0n) is 15.3. The number of nitrogens with one attached hydrogen (secondary N) is 1. The standard InChI is InChI=1S/C22H18F4N2O/c23-19-7-4-8-20(13-19)27-21(29)28(14-16-5-2-1-3-6-16)15-17-9-11-18(12-10-17)22(24,25)26/h1-13H,14-15H2,(H,27,29). The van der Waals surface area contributed by atoms with Gasteiger partial charge in [-0.2, -0.15) is 13.2 Å². The summed E-state index contributed by atoms with van der Waals surface area (Å²) in [5.41, 5.74) is 0.942. The largest absolute Gasteiger partial charge is 0.416 e. The third kappa shape index (κ3) is 5.81. The van der Waals surface area contributed by atoms with E-state index in [1.54, 1.807) is 6.07 Å². The lowest BCUT2D eigenvalue weighted by Gasteiger charge is -2.24. The molecule has 3 rings (SSSR count). The maximum atomic E-state index is 13.4. The minimum Gasteiger partial charge on any atom is -0.316 e. The van der Waals surface area contributed by atoms with Crippen molar-refractivity contribution in [2.24, 2.45) is 0 Å². The predicted octanol–water partition coefficient (Wildman–Crippen LogP) is 6.08. The second kappa shape index (κ2) is 8.77. The summed E-state index contributed by atoms with van der Waals surface area (Å²) in [6.07, 6.45) is -4.42. The minimum absolute atomic E-state index is 0.0914. The van der Waals surface area contributed by atoms with Gasteiger partial charge in [0.15, 0.2) is 0 Å². The number of rotatable bonds is 5. The molecule has 0 radical (unpaired) electrons. The molecule has 0 atom stereocenters. The summed E-state index contributed by atoms with van der Waals surface area (Å²) >= 11 is 0. The predicted molar refractivity (Wildman–Crippen MR) is 103 cm³/mol. The van der Waals surface area contributed by atoms with Crippen molar-refractivity contribution in [3.05, 3.63) is 101 Å². The minimum atomic E-state index is -4.42. The van der Waals surface area contributed by atoms with Gasteiger partial charge in [-0.05, 0) is 41.5 Å². The average molecular weight is 402 g/mol. The van der Waals surface area contributed by atoms with Crippen molar-refractivity contribution in [1.29, 1.82) is 0 Å². The van der Waals surface area contributed by atoms with E-state index in [1.807, 2.05) is 30.3 Å². The molecule has 2 amide bonds. The van der Waals surface area contributed by atoms with Crippen LogP contribution in [0.25, 0.3) is 0 Å². The molecule has 1 N–H and O–H groups in total. The highest BCUT2D eigenvalue weighted by molar-refractivity contribution is 5.89. The molecule has 0 aliphatic heterocycles. The Kier molecular flexibility index (Phi) is 6.16. The van der Waals surface area contributed by atoms with E-state index in [-0.39, 0.29) is 13.1 Å². The Morgan fingerprint density at radius 3 is 2.03 bits per heavy atom. The fourth-order valence-corrected chi connectivity index (χ4v) is 2.79. The fraction of sp³-hybridized carbons (Fsp3) is 0.136. The van der Waals surface area contributed by atoms with Gasteiger partial charge in [0.25, 0.3) is 0 Å². The van der Waals surface area contributed by atoms with Gasteiger partial charge in [0.1, 0.15) is 5.82 Å². The Balaban J connectivity index is 1.79. The first-order valence-corrected chi connectivity index (χ1v) is 8.83. The zero-order chi connectivity index (χ0) is 20.9. The summed E-state index contributed by atoms with van der Waals surface area (Å²) in [6, 6.07) is 18.8. The number of alkyl halides is 3. The van der Waals surface area contributed by atoms with Gasteiger partial charge in [0.2, 0.25) is 0 Å². The lowest BCUT2D eigenvalue weighted by Crippen LogP contribution is -2.34. The van der Waals surface area contributed by atoms with E-state index in [9.17, 15) is 22.4 Å². The third-order valence-electron chi connectivity index (χ3n) is 4.23. The number of carbonyl (C=O) groups is 1. The molecule has 3 aromatic rings. The first-order chi connectivity index (χ1) is 13.8. The number of hydrogen-bond donors (Lipinski definition) is 1. The summed E-state index contributed by atoms with van der Waals surface area (Å²) in [6.45, 7) is 0.331. The molecule has 0 spiro atoms. The maximum Gasteiger partial charge on any atom is 0.416 e. The molecule has 3 aromatic carbocycles. The van der Waals surface area contributed by atoms with E-state index in [0.717, 1.165) is 17.7 Å². The van der Waals surface area contributed by atoms with E-state index in [1.165, 1.54) is 35.2 Å². The van der Waals surface area contributed by atoms with Gasteiger partial charge in [-0.1, -0.05) is 48.5 Å². The molecule has 0 aromatic heterocycles. The number of halogens is 4. The molecule has 3 nitrogen and oxygen atoms in total. The van der Waals surface area contributed by atoms with Gasteiger partial charge in [-0.15, -0.1) is 0 Å². The van der Waals surface area contributed by atoms with Crippen molar-refractivity contribution in [2.45, 2.75) is 19.3 Å². The third-order valence-corrected chi connectivity index (χ3v) is 4.23. The van der Waals surface area contributed by atoms with Crippen LogP contribution >= 0.6 is 0 Å². The average Bonchev–Trinajstić information content (AvgIpc) is 2.68. The fourth-order valence-electron chi connectivity index (χ4n) is 2.79. The van der Waals surface area contributed by atoms with E-state index < -0.39 is 23.6 Å². The normalized spacial score (nSPS) is 11.2. The highest BCUT2D eigenvalue weighted by Gasteiger charge is 2.30. The smallest absolute Gasteiger partial charge is 0.316 e. The van der Waals surface area contributed by atoms with E-state index in [2.05, 4.69) is 5.32 Å². The van der Waals surface area contributed by atoms with Crippen LogP contribution in [0.3, 0.4) is 0 Å². The van der Waals surface area contributed by atoms with E-state index >= 15 is 0 Å². The van der Waals surface area contributed by atoms with Crippen LogP contribution in [-0.4, -0.2) is 10.9 Å². The number of carbonyl (C=O) groups excluding carboxylic acids is 1. The van der Waals surface area contributed by atoms with Crippen molar-refractivity contribution in [1.82, 2.24) is 4.90 Å². The van der Waals surface area contributed by atoms with Gasteiger partial charge >= 0.3 is 12.2 Å². The van der Waals surface area contributed by atoms with Crippen LogP contribution in [-0.2, 0) is 19.3 Å². The van der Waals surface area contributed by atoms with Crippen LogP contribution in [0.4, 0.5) is 28.0 Å². The van der Waals surface area contributed by atoms with Crippen LogP contribution in [0.2, 0.25) is 0 Å². The Morgan fingerprint density at radius 2 is 1.45 bits per heavy atom. The van der Waals surface area contributed by atoms with Crippen LogP contribution in [0.1, 0.15) is 16.7 Å². The molecule has 0 aliphatic rings. The van der Waals surface area contributed by atoms with Crippen molar-refractivity contribution >= 4 is 11.7 Å². The Hall–Kier alpha value is -3.35. The molecule has 0 fully saturated rings. The molecule has 0 bridgehead atoms. The van der Waals surface area contributed by atoms with Crippen LogP contribution < -0.4 is 5.32 Å². The second-order valence-corrected chi connectivity index (χ2v) is 6.48. The molecule has 0 heterocycles. The van der Waals surface area contributed by atoms with Gasteiger partial charge in [-0.25, -0.2) is 9.18 Å². The molecule has 29 heavy (non-hydrogen) atoms. The van der Waals surface area contributed by atoms with Crippen molar-refractivity contribution < 1.29 is 22.4 Å². The number of anilines is 1. The highest BCUT2D eigenvalue weighted by atomic mass is 19.4. The summed E-state index contributed by atoms with van der Waals surface area (Å²) < 4.78 is 51.7. The molecular formula is C22H18F4N2O. The Labute approximate surface area is 165 Å². The molecule has 0 saturated carbocycles. The summed E-state index contributed by atoms with van der Waals surface area (Å²) in [5, 5.41) is 2.63. The maximum absolute atomic E-state index is 13.4. The van der Waals surface area contributed by atoms with E-state index in [4.69, 9.17) is 0 Å². The van der Waals surface area contributed by atoms with Crippen molar-refractivity contribution in [2.75, 3.05) is 5.32 Å². The van der Waals surface area contributed by atoms with Gasteiger partial charge in [0.05, 0.1) is 5.56 Å². The van der Waals surface area contributed by atoms with Crippen LogP contribution in [0.5, 0.6) is 0 Å². The second-order valence-electron chi connectivity index (χ2n) is 6.48. The molecule has 150 valence electrons. The van der Waals surface area contributed by atoms with Crippen LogP contribution in [0, 0.1) is 5.82 Å². The number of hydrogen-bond acceptors (Lipinski definition) is 1. The highest BCUT2D eigenvalue weighted by Crippen LogP contribution is 2.29. The lowest BCUT2D eigenvalue weighted by atomic mass is 10.1. The summed E-state index contributed by atoms with van der Waals surface area (Å²) in [5.74, 6) is -0.486. The summed E-state index contributed by atoms with van der Waals surface area (Å²) in [7, 11) is 0. The molecular weight excluding hydrogens is 384 g/mol. The lowest BCUT2D eigenvalue weighted by molar-refractivity contribution is -0.137. The van der Waals surface area contributed by atoms with Gasteiger partial charge < -0.3 is 10.2 Å². The Morgan fingerprint density at radius 1 is 0.828 bits per heavy atom. The van der Waals surface area contributed by atoms with E-state index in [0.29, 0.717) is 11.3 Å². The number of nitrogens with zero attached hydrogens (tertiary/aromatic N) is 1. The monoisotopic (exact) mass is 402 g/mol. The molecule has 7 heteroatoms. The first-order valence-electron chi connectivity index (χ1n) is 8.83. The number of benzene rings is 3. The van der Waals surface area contributed by atoms with Crippen LogP contribution in [0.15, 0.2) is 78.9 Å². The quantitative estimate of drug-likeness (QED) is 0.516. The van der Waals surface area contributed by atoms with Gasteiger partial charge in [-0.3, -0.25) is 0 Å². The van der Waals surface area contributed by atoms with Gasteiger partial charge in [0, 0.05) is 18.8 Å². The number of amides is 2. The Bertz CT molecular complexity index is 957.